The smallest absolute Gasteiger partial charge is 0.338 e. The predicted molar refractivity (Wildman–Crippen MR) is 72.0 cm³/mol. The van der Waals surface area contributed by atoms with Crippen molar-refractivity contribution in [1.82, 2.24) is 0 Å². The zero-order valence-corrected chi connectivity index (χ0v) is 11.2. The maximum atomic E-state index is 10.9. The van der Waals surface area contributed by atoms with Crippen LogP contribution < -0.4 is 5.32 Å². The Hall–Kier alpha value is -2.08. The maximum Gasteiger partial charge on any atom is 0.338 e. The summed E-state index contributed by atoms with van der Waals surface area (Å²) in [6.07, 6.45) is 0.875. The predicted octanol–water partition coefficient (Wildman–Crippen LogP) is 1.82. The number of anilines is 1. The molecule has 4 N–H and O–H groups in total. The Bertz CT molecular complexity index is 455. The van der Waals surface area contributed by atoms with Gasteiger partial charge in [0, 0.05) is 19.3 Å². The van der Waals surface area contributed by atoms with Crippen LogP contribution in [0, 0.1) is 6.92 Å². The van der Waals surface area contributed by atoms with E-state index in [0.29, 0.717) is 12.3 Å². The molecular formula is C13H19NO5. The second-order valence-corrected chi connectivity index (χ2v) is 3.74. The van der Waals surface area contributed by atoms with Crippen LogP contribution in [0.3, 0.4) is 0 Å². The van der Waals surface area contributed by atoms with Crippen molar-refractivity contribution in [2.75, 3.05) is 19.0 Å². The molecule has 0 heterocycles. The van der Waals surface area contributed by atoms with E-state index in [1.54, 1.807) is 7.05 Å². The third-order valence-electron chi connectivity index (χ3n) is 2.40. The van der Waals surface area contributed by atoms with Crippen molar-refractivity contribution in [3.63, 3.8) is 0 Å². The molecule has 6 heteroatoms. The Morgan fingerprint density at radius 2 is 1.74 bits per heavy atom. The van der Waals surface area contributed by atoms with Crippen LogP contribution in [0.2, 0.25) is 0 Å². The van der Waals surface area contributed by atoms with E-state index in [4.69, 9.17) is 15.3 Å². The molecule has 0 saturated heterocycles. The molecule has 0 aliphatic carbocycles. The maximum absolute atomic E-state index is 10.9. The molecule has 0 unspecified atom stereocenters. The molecular weight excluding hydrogens is 250 g/mol. The fourth-order valence-electron chi connectivity index (χ4n) is 1.43. The highest BCUT2D eigenvalue weighted by Crippen LogP contribution is 2.22. The quantitative estimate of drug-likeness (QED) is 0.664. The Labute approximate surface area is 111 Å². The molecule has 1 aromatic rings. The highest BCUT2D eigenvalue weighted by atomic mass is 16.4. The van der Waals surface area contributed by atoms with E-state index in [9.17, 15) is 9.59 Å². The van der Waals surface area contributed by atoms with Crippen LogP contribution in [0.5, 0.6) is 0 Å². The van der Waals surface area contributed by atoms with E-state index in [0.717, 1.165) is 6.42 Å². The summed E-state index contributed by atoms with van der Waals surface area (Å²) in [6.45, 7) is 3.73. The fourth-order valence-corrected chi connectivity index (χ4v) is 1.43. The van der Waals surface area contributed by atoms with Crippen LogP contribution in [0.1, 0.15) is 39.6 Å². The first-order valence-corrected chi connectivity index (χ1v) is 5.79. The molecule has 0 atom stereocenters. The lowest BCUT2D eigenvalue weighted by Gasteiger charge is -2.10. The van der Waals surface area contributed by atoms with Gasteiger partial charge in [0.05, 0.1) is 11.1 Å². The summed E-state index contributed by atoms with van der Waals surface area (Å²) in [4.78, 5) is 21.7. The fraction of sp³-hybridized carbons (Fsp3) is 0.385. The normalized spacial score (nSPS) is 9.26. The molecule has 0 bridgehead atoms. The van der Waals surface area contributed by atoms with Gasteiger partial charge in [-0.3, -0.25) is 0 Å². The Kier molecular flexibility index (Phi) is 7.21. The largest absolute Gasteiger partial charge is 0.478 e. The minimum atomic E-state index is -1.14. The van der Waals surface area contributed by atoms with Gasteiger partial charge in [0.15, 0.2) is 0 Å². The number of carbonyl (C=O) groups is 2. The second-order valence-electron chi connectivity index (χ2n) is 3.74. The molecule has 0 aliphatic heterocycles. The molecule has 1 aromatic carbocycles. The molecule has 0 aliphatic rings. The number of hydrogen-bond acceptors (Lipinski definition) is 4. The summed E-state index contributed by atoms with van der Waals surface area (Å²) in [6, 6.07) is 2.83. The molecule has 0 amide bonds. The number of rotatable bonds is 4. The van der Waals surface area contributed by atoms with Crippen LogP contribution in [0.4, 0.5) is 5.69 Å². The molecule has 0 fully saturated rings. The lowest BCUT2D eigenvalue weighted by atomic mass is 10.0. The number of aromatic carboxylic acids is 2. The highest BCUT2D eigenvalue weighted by Gasteiger charge is 2.18. The third kappa shape index (κ3) is 4.59. The molecule has 0 spiro atoms. The van der Waals surface area contributed by atoms with E-state index < -0.39 is 11.9 Å². The standard InChI is InChI=1S/C10H11NO4.C3H8O/c1-5-6(9(12)13)3-4-7(11-2)8(5)10(14)15;1-2-3-4/h3-4,11H,1-2H3,(H,12,13)(H,14,15);4H,2-3H2,1H3. The number of benzene rings is 1. The van der Waals surface area contributed by atoms with Crippen LogP contribution in [0.15, 0.2) is 12.1 Å². The third-order valence-corrected chi connectivity index (χ3v) is 2.40. The number of hydrogen-bond donors (Lipinski definition) is 4. The van der Waals surface area contributed by atoms with Crippen molar-refractivity contribution in [2.24, 2.45) is 0 Å². The number of carboxylic acids is 2. The van der Waals surface area contributed by atoms with E-state index >= 15 is 0 Å². The Morgan fingerprint density at radius 1 is 1.21 bits per heavy atom. The average molecular weight is 269 g/mol. The summed E-state index contributed by atoms with van der Waals surface area (Å²) < 4.78 is 0. The van der Waals surface area contributed by atoms with Crippen molar-refractivity contribution < 1.29 is 24.9 Å². The van der Waals surface area contributed by atoms with Gasteiger partial charge in [-0.15, -0.1) is 0 Å². The highest BCUT2D eigenvalue weighted by molar-refractivity contribution is 6.00. The molecule has 0 saturated carbocycles. The average Bonchev–Trinajstić information content (AvgIpc) is 2.37. The molecule has 6 nitrogen and oxygen atoms in total. The number of carboxylic acid groups (broad SMARTS) is 2. The van der Waals surface area contributed by atoms with Gasteiger partial charge < -0.3 is 20.6 Å². The molecule has 19 heavy (non-hydrogen) atoms. The van der Waals surface area contributed by atoms with Crippen molar-refractivity contribution in [2.45, 2.75) is 20.3 Å². The summed E-state index contributed by atoms with van der Waals surface area (Å²) >= 11 is 0. The van der Waals surface area contributed by atoms with Crippen LogP contribution in [0.25, 0.3) is 0 Å². The first-order chi connectivity index (χ1) is 8.90. The van der Waals surface area contributed by atoms with E-state index in [1.807, 2.05) is 6.92 Å². The number of aliphatic hydroxyl groups is 1. The first-order valence-electron chi connectivity index (χ1n) is 5.79. The van der Waals surface area contributed by atoms with Gasteiger partial charge in [-0.05, 0) is 31.0 Å². The van der Waals surface area contributed by atoms with E-state index in [-0.39, 0.29) is 16.7 Å². The Morgan fingerprint density at radius 3 is 2.05 bits per heavy atom. The lowest BCUT2D eigenvalue weighted by Crippen LogP contribution is -2.10. The SMILES string of the molecule is CCCO.CNc1ccc(C(=O)O)c(C)c1C(=O)O. The van der Waals surface area contributed by atoms with Gasteiger partial charge in [0.25, 0.3) is 0 Å². The van der Waals surface area contributed by atoms with Crippen molar-refractivity contribution in [3.8, 4) is 0 Å². The van der Waals surface area contributed by atoms with Gasteiger partial charge in [-0.1, -0.05) is 6.92 Å². The van der Waals surface area contributed by atoms with Gasteiger partial charge in [-0.25, -0.2) is 9.59 Å². The second kappa shape index (κ2) is 8.10. The summed E-state index contributed by atoms with van der Waals surface area (Å²) in [5.41, 5.74) is 0.663. The zero-order valence-electron chi connectivity index (χ0n) is 11.2. The minimum absolute atomic E-state index is 0.00241. The summed E-state index contributed by atoms with van der Waals surface area (Å²) in [5.74, 6) is -2.27. The zero-order chi connectivity index (χ0) is 15.0. The number of nitrogens with one attached hydrogen (secondary N) is 1. The summed E-state index contributed by atoms with van der Waals surface area (Å²) in [7, 11) is 1.58. The van der Waals surface area contributed by atoms with Gasteiger partial charge in [0.1, 0.15) is 0 Å². The number of aliphatic hydroxyl groups excluding tert-OH is 1. The topological polar surface area (TPSA) is 107 Å². The van der Waals surface area contributed by atoms with Crippen molar-refractivity contribution >= 4 is 17.6 Å². The molecule has 0 radical (unpaired) electrons. The lowest BCUT2D eigenvalue weighted by molar-refractivity contribution is 0.0696. The van der Waals surface area contributed by atoms with Gasteiger partial charge in [0.2, 0.25) is 0 Å². The molecule has 1 rings (SSSR count). The molecule has 106 valence electrons. The van der Waals surface area contributed by atoms with Crippen molar-refractivity contribution in [3.05, 3.63) is 28.8 Å². The minimum Gasteiger partial charge on any atom is -0.478 e. The van der Waals surface area contributed by atoms with Gasteiger partial charge >= 0.3 is 11.9 Å². The monoisotopic (exact) mass is 269 g/mol. The first kappa shape index (κ1) is 16.9. The Balaban J connectivity index is 0.000000711. The van der Waals surface area contributed by atoms with Crippen LogP contribution >= 0.6 is 0 Å². The van der Waals surface area contributed by atoms with Gasteiger partial charge in [-0.2, -0.15) is 0 Å². The van der Waals surface area contributed by atoms with Crippen LogP contribution in [-0.4, -0.2) is 40.9 Å². The van der Waals surface area contributed by atoms with E-state index in [2.05, 4.69) is 5.32 Å². The van der Waals surface area contributed by atoms with Crippen molar-refractivity contribution in [1.29, 1.82) is 0 Å². The van der Waals surface area contributed by atoms with E-state index in [1.165, 1.54) is 19.1 Å². The summed E-state index contributed by atoms with van der Waals surface area (Å²) in [5, 5.41) is 28.4. The molecule has 0 aromatic heterocycles. The van der Waals surface area contributed by atoms with Crippen LogP contribution in [-0.2, 0) is 0 Å².